The van der Waals surface area contributed by atoms with Gasteiger partial charge in [0.15, 0.2) is 0 Å². The molecule has 1 aromatic rings. The molecule has 1 aromatic heterocycles. The standard InChI is InChI=1S/C12H17NS/c13-9-12(10-3-1-6-14-10)7-11(8-12)4-2-5-11/h1,3,6H,2,4-5,7-9,13H2. The van der Waals surface area contributed by atoms with Crippen LogP contribution in [0.25, 0.3) is 0 Å². The molecule has 76 valence electrons. The minimum atomic E-state index is 0.370. The summed E-state index contributed by atoms with van der Waals surface area (Å²) in [5.41, 5.74) is 7.06. The molecule has 3 rings (SSSR count). The monoisotopic (exact) mass is 207 g/mol. The van der Waals surface area contributed by atoms with E-state index in [4.69, 9.17) is 5.73 Å². The average Bonchev–Trinajstić information content (AvgIpc) is 2.54. The van der Waals surface area contributed by atoms with E-state index in [0.29, 0.717) is 5.41 Å². The molecule has 0 unspecified atom stereocenters. The van der Waals surface area contributed by atoms with Crippen LogP contribution in [0.2, 0.25) is 0 Å². The number of thiophene rings is 1. The summed E-state index contributed by atoms with van der Waals surface area (Å²) in [6.45, 7) is 0.843. The van der Waals surface area contributed by atoms with Crippen LogP contribution in [-0.2, 0) is 5.41 Å². The fourth-order valence-corrected chi connectivity index (χ4v) is 4.35. The number of nitrogens with two attached hydrogens (primary N) is 1. The van der Waals surface area contributed by atoms with Gasteiger partial charge in [0.05, 0.1) is 0 Å². The van der Waals surface area contributed by atoms with Gasteiger partial charge in [-0.15, -0.1) is 11.3 Å². The van der Waals surface area contributed by atoms with E-state index in [9.17, 15) is 0 Å². The van der Waals surface area contributed by atoms with Crippen molar-refractivity contribution >= 4 is 11.3 Å². The Labute approximate surface area is 89.3 Å². The van der Waals surface area contributed by atoms with Crippen LogP contribution in [0.15, 0.2) is 17.5 Å². The van der Waals surface area contributed by atoms with Crippen LogP contribution in [0, 0.1) is 5.41 Å². The van der Waals surface area contributed by atoms with E-state index < -0.39 is 0 Å². The molecule has 1 spiro atoms. The van der Waals surface area contributed by atoms with E-state index in [1.54, 1.807) is 0 Å². The highest BCUT2D eigenvalue weighted by Crippen LogP contribution is 2.65. The first-order valence-corrected chi connectivity index (χ1v) is 6.41. The van der Waals surface area contributed by atoms with Crippen LogP contribution in [0.3, 0.4) is 0 Å². The van der Waals surface area contributed by atoms with Crippen molar-refractivity contribution in [2.45, 2.75) is 37.5 Å². The minimum absolute atomic E-state index is 0.370. The molecular weight excluding hydrogens is 190 g/mol. The van der Waals surface area contributed by atoms with Crippen LogP contribution in [0.4, 0.5) is 0 Å². The quantitative estimate of drug-likeness (QED) is 0.793. The van der Waals surface area contributed by atoms with Gasteiger partial charge in [-0.25, -0.2) is 0 Å². The molecule has 0 bridgehead atoms. The summed E-state index contributed by atoms with van der Waals surface area (Å²) >= 11 is 1.89. The van der Waals surface area contributed by atoms with Crippen molar-refractivity contribution < 1.29 is 0 Å². The molecule has 2 fully saturated rings. The maximum absolute atomic E-state index is 5.97. The van der Waals surface area contributed by atoms with Gasteiger partial charge in [0.2, 0.25) is 0 Å². The second-order valence-corrected chi connectivity index (χ2v) is 6.12. The maximum Gasteiger partial charge on any atom is 0.0180 e. The lowest BCUT2D eigenvalue weighted by Gasteiger charge is -2.61. The molecule has 0 atom stereocenters. The highest BCUT2D eigenvalue weighted by molar-refractivity contribution is 7.10. The Morgan fingerprint density at radius 3 is 2.57 bits per heavy atom. The van der Waals surface area contributed by atoms with Crippen molar-refractivity contribution in [3.63, 3.8) is 0 Å². The predicted octanol–water partition coefficient (Wildman–Crippen LogP) is 2.91. The van der Waals surface area contributed by atoms with Gasteiger partial charge in [0.1, 0.15) is 0 Å². The van der Waals surface area contributed by atoms with Gasteiger partial charge >= 0.3 is 0 Å². The molecule has 0 amide bonds. The number of hydrogen-bond acceptors (Lipinski definition) is 2. The summed E-state index contributed by atoms with van der Waals surface area (Å²) in [5.74, 6) is 0. The molecule has 0 aliphatic heterocycles. The van der Waals surface area contributed by atoms with Crippen molar-refractivity contribution in [1.82, 2.24) is 0 Å². The molecule has 1 nitrogen and oxygen atoms in total. The molecule has 2 N–H and O–H groups in total. The van der Waals surface area contributed by atoms with Crippen LogP contribution in [0.1, 0.15) is 37.0 Å². The fraction of sp³-hybridized carbons (Fsp3) is 0.667. The third-order valence-corrected chi connectivity index (χ3v) is 5.39. The lowest BCUT2D eigenvalue weighted by Crippen LogP contribution is -2.56. The SMILES string of the molecule is NCC1(c2cccs2)CC2(CCC2)C1. The lowest BCUT2D eigenvalue weighted by molar-refractivity contribution is -0.0430. The van der Waals surface area contributed by atoms with Crippen molar-refractivity contribution in [2.24, 2.45) is 11.1 Å². The van der Waals surface area contributed by atoms with Crippen LogP contribution in [-0.4, -0.2) is 6.54 Å². The first-order chi connectivity index (χ1) is 6.79. The van der Waals surface area contributed by atoms with Crippen LogP contribution < -0.4 is 5.73 Å². The van der Waals surface area contributed by atoms with Gasteiger partial charge in [-0.2, -0.15) is 0 Å². The molecule has 0 aromatic carbocycles. The average molecular weight is 207 g/mol. The summed E-state index contributed by atoms with van der Waals surface area (Å²) < 4.78 is 0. The Morgan fingerprint density at radius 2 is 2.14 bits per heavy atom. The van der Waals surface area contributed by atoms with Crippen LogP contribution >= 0.6 is 11.3 Å². The van der Waals surface area contributed by atoms with Crippen molar-refractivity contribution in [2.75, 3.05) is 6.54 Å². The van der Waals surface area contributed by atoms with E-state index in [2.05, 4.69) is 17.5 Å². The molecule has 2 heteroatoms. The number of rotatable bonds is 2. The molecular formula is C12H17NS. The summed E-state index contributed by atoms with van der Waals surface area (Å²) in [5, 5.41) is 2.18. The summed E-state index contributed by atoms with van der Waals surface area (Å²) in [6.07, 6.45) is 7.08. The van der Waals surface area contributed by atoms with E-state index in [0.717, 1.165) is 12.0 Å². The first-order valence-electron chi connectivity index (χ1n) is 5.53. The Morgan fingerprint density at radius 1 is 1.36 bits per heavy atom. The minimum Gasteiger partial charge on any atom is -0.330 e. The maximum atomic E-state index is 5.97. The predicted molar refractivity (Wildman–Crippen MR) is 60.6 cm³/mol. The lowest BCUT2D eigenvalue weighted by atomic mass is 9.45. The topological polar surface area (TPSA) is 26.0 Å². The van der Waals surface area contributed by atoms with Gasteiger partial charge in [0.25, 0.3) is 0 Å². The molecule has 0 radical (unpaired) electrons. The first kappa shape index (κ1) is 8.93. The molecule has 2 aliphatic carbocycles. The normalized spacial score (nSPS) is 26.9. The van der Waals surface area contributed by atoms with E-state index in [1.165, 1.54) is 37.0 Å². The zero-order chi connectivity index (χ0) is 9.65. The molecule has 2 aliphatic rings. The Bertz CT molecular complexity index is 316. The third kappa shape index (κ3) is 1.04. The zero-order valence-electron chi connectivity index (χ0n) is 8.46. The molecule has 2 saturated carbocycles. The van der Waals surface area contributed by atoms with Gasteiger partial charge in [-0.3, -0.25) is 0 Å². The molecule has 1 heterocycles. The van der Waals surface area contributed by atoms with E-state index in [1.807, 2.05) is 11.3 Å². The summed E-state index contributed by atoms with van der Waals surface area (Å²) in [4.78, 5) is 1.53. The molecule has 14 heavy (non-hydrogen) atoms. The Kier molecular flexibility index (Phi) is 1.80. The second kappa shape index (κ2) is 2.83. The van der Waals surface area contributed by atoms with E-state index >= 15 is 0 Å². The van der Waals surface area contributed by atoms with Gasteiger partial charge in [-0.05, 0) is 42.5 Å². The van der Waals surface area contributed by atoms with Crippen LogP contribution in [0.5, 0.6) is 0 Å². The highest BCUT2D eigenvalue weighted by atomic mass is 32.1. The Hall–Kier alpha value is -0.340. The zero-order valence-corrected chi connectivity index (χ0v) is 9.28. The number of hydrogen-bond donors (Lipinski definition) is 1. The van der Waals surface area contributed by atoms with E-state index in [-0.39, 0.29) is 0 Å². The molecule has 0 saturated heterocycles. The van der Waals surface area contributed by atoms with Crippen molar-refractivity contribution in [3.8, 4) is 0 Å². The Balaban J connectivity index is 1.82. The smallest absolute Gasteiger partial charge is 0.0180 e. The fourth-order valence-electron chi connectivity index (χ4n) is 3.41. The van der Waals surface area contributed by atoms with Gasteiger partial charge < -0.3 is 5.73 Å². The van der Waals surface area contributed by atoms with Gasteiger partial charge in [-0.1, -0.05) is 12.5 Å². The third-order valence-electron chi connectivity index (χ3n) is 4.28. The summed E-state index contributed by atoms with van der Waals surface area (Å²) in [7, 11) is 0. The van der Waals surface area contributed by atoms with Crippen molar-refractivity contribution in [3.05, 3.63) is 22.4 Å². The van der Waals surface area contributed by atoms with Gasteiger partial charge in [0, 0.05) is 16.8 Å². The second-order valence-electron chi connectivity index (χ2n) is 5.17. The summed E-state index contributed by atoms with van der Waals surface area (Å²) in [6, 6.07) is 4.42. The highest BCUT2D eigenvalue weighted by Gasteiger charge is 2.57. The van der Waals surface area contributed by atoms with Crippen molar-refractivity contribution in [1.29, 1.82) is 0 Å². The largest absolute Gasteiger partial charge is 0.330 e.